The van der Waals surface area contributed by atoms with Gasteiger partial charge in [0.25, 0.3) is 5.92 Å². The van der Waals surface area contributed by atoms with Crippen molar-refractivity contribution in [3.8, 4) is 0 Å². The van der Waals surface area contributed by atoms with Gasteiger partial charge in [-0.3, -0.25) is 4.79 Å². The van der Waals surface area contributed by atoms with Crippen molar-refractivity contribution in [3.63, 3.8) is 0 Å². The Kier molecular flexibility index (Phi) is 2.24. The number of fused-ring (bicyclic) bond motifs is 1. The van der Waals surface area contributed by atoms with Crippen LogP contribution in [0.3, 0.4) is 0 Å². The first-order valence-electron chi connectivity index (χ1n) is 5.10. The van der Waals surface area contributed by atoms with E-state index in [0.717, 1.165) is 6.42 Å². The van der Waals surface area contributed by atoms with Crippen LogP contribution in [0.5, 0.6) is 0 Å². The van der Waals surface area contributed by atoms with Crippen molar-refractivity contribution in [2.75, 3.05) is 0 Å². The topological polar surface area (TPSA) is 37.3 Å². The largest absolute Gasteiger partial charge is 0.481 e. The fraction of sp³-hybridized carbons (Fsp3) is 0.900. The summed E-state index contributed by atoms with van der Waals surface area (Å²) in [5, 5.41) is 8.64. The minimum absolute atomic E-state index is 0.00845. The van der Waals surface area contributed by atoms with Crippen LogP contribution in [0.1, 0.15) is 32.1 Å². The van der Waals surface area contributed by atoms with E-state index in [4.69, 9.17) is 5.11 Å². The first-order valence-corrected chi connectivity index (χ1v) is 5.10. The third kappa shape index (κ3) is 1.51. The highest BCUT2D eigenvalue weighted by molar-refractivity contribution is 5.67. The Morgan fingerprint density at radius 1 is 1.36 bits per heavy atom. The Hall–Kier alpha value is -0.670. The third-order valence-corrected chi connectivity index (χ3v) is 3.76. The molecule has 2 fully saturated rings. The van der Waals surface area contributed by atoms with Crippen LogP contribution in [0, 0.1) is 17.8 Å². The zero-order valence-electron chi connectivity index (χ0n) is 7.88. The highest BCUT2D eigenvalue weighted by Gasteiger charge is 2.54. The van der Waals surface area contributed by atoms with Crippen LogP contribution >= 0.6 is 0 Å². The molecule has 0 spiro atoms. The molecule has 0 aromatic carbocycles. The Balaban J connectivity index is 2.01. The lowest BCUT2D eigenvalue weighted by atomic mass is 9.58. The van der Waals surface area contributed by atoms with Crippen LogP contribution in [0.15, 0.2) is 0 Å². The van der Waals surface area contributed by atoms with Gasteiger partial charge in [0.2, 0.25) is 0 Å². The first kappa shape index (κ1) is 9.87. The fourth-order valence-electron chi connectivity index (χ4n) is 2.87. The van der Waals surface area contributed by atoms with Gasteiger partial charge in [-0.05, 0) is 31.1 Å². The SMILES string of the molecule is O=C(O)CC1CCC(F)(F)C2CCC12. The number of aliphatic carboxylic acids is 1. The smallest absolute Gasteiger partial charge is 0.303 e. The molecule has 2 rings (SSSR count). The predicted molar refractivity (Wildman–Crippen MR) is 46.1 cm³/mol. The molecule has 0 heterocycles. The van der Waals surface area contributed by atoms with E-state index in [1.807, 2.05) is 0 Å². The molecule has 0 saturated heterocycles. The number of carboxylic acid groups (broad SMARTS) is 1. The maximum Gasteiger partial charge on any atom is 0.303 e. The van der Waals surface area contributed by atoms with E-state index >= 15 is 0 Å². The summed E-state index contributed by atoms with van der Waals surface area (Å²) >= 11 is 0. The zero-order chi connectivity index (χ0) is 10.3. The van der Waals surface area contributed by atoms with Crippen LogP contribution in [-0.2, 0) is 4.79 Å². The molecule has 4 heteroatoms. The summed E-state index contributed by atoms with van der Waals surface area (Å²) in [5.74, 6) is -3.95. The number of hydrogen-bond donors (Lipinski definition) is 1. The first-order chi connectivity index (χ1) is 6.50. The minimum Gasteiger partial charge on any atom is -0.481 e. The quantitative estimate of drug-likeness (QED) is 0.750. The number of alkyl halides is 2. The van der Waals surface area contributed by atoms with E-state index in [0.29, 0.717) is 12.8 Å². The Bertz CT molecular complexity index is 253. The lowest BCUT2D eigenvalue weighted by Crippen LogP contribution is -2.49. The van der Waals surface area contributed by atoms with Gasteiger partial charge in [-0.25, -0.2) is 8.78 Å². The summed E-state index contributed by atoms with van der Waals surface area (Å²) in [7, 11) is 0. The molecule has 1 N–H and O–H groups in total. The van der Waals surface area contributed by atoms with Crippen LogP contribution in [0.2, 0.25) is 0 Å². The summed E-state index contributed by atoms with van der Waals surface area (Å²) in [5.41, 5.74) is 0. The maximum atomic E-state index is 13.3. The maximum absolute atomic E-state index is 13.3. The molecule has 2 aliphatic carbocycles. The molecule has 2 nitrogen and oxygen atoms in total. The molecule has 0 radical (unpaired) electrons. The van der Waals surface area contributed by atoms with E-state index < -0.39 is 17.8 Å². The van der Waals surface area contributed by atoms with E-state index in [1.165, 1.54) is 0 Å². The molecular formula is C10H14F2O2. The summed E-state index contributed by atoms with van der Waals surface area (Å²) in [6.07, 6.45) is 1.69. The van der Waals surface area contributed by atoms with Crippen LogP contribution in [0.4, 0.5) is 8.78 Å². The van der Waals surface area contributed by atoms with Crippen molar-refractivity contribution in [1.82, 2.24) is 0 Å². The van der Waals surface area contributed by atoms with Crippen molar-refractivity contribution in [2.45, 2.75) is 38.0 Å². The van der Waals surface area contributed by atoms with E-state index in [9.17, 15) is 13.6 Å². The van der Waals surface area contributed by atoms with Gasteiger partial charge in [0, 0.05) is 18.8 Å². The van der Waals surface area contributed by atoms with Gasteiger partial charge >= 0.3 is 5.97 Å². The third-order valence-electron chi connectivity index (χ3n) is 3.76. The Labute approximate surface area is 81.3 Å². The van der Waals surface area contributed by atoms with Crippen molar-refractivity contribution in [2.24, 2.45) is 17.8 Å². The monoisotopic (exact) mass is 204 g/mol. The molecule has 2 saturated carbocycles. The van der Waals surface area contributed by atoms with Gasteiger partial charge in [0.1, 0.15) is 0 Å². The number of carboxylic acids is 1. The second kappa shape index (κ2) is 3.17. The van der Waals surface area contributed by atoms with Gasteiger partial charge in [-0.15, -0.1) is 0 Å². The molecule has 0 aromatic heterocycles. The molecule has 2 aliphatic rings. The molecule has 0 bridgehead atoms. The lowest BCUT2D eigenvalue weighted by Gasteiger charge is -2.49. The standard InChI is InChI=1S/C10H14F2O2/c11-10(12)4-3-6(5-9(13)14)7-1-2-8(7)10/h6-8H,1-5H2,(H,13,14). The Morgan fingerprint density at radius 2 is 2.07 bits per heavy atom. The zero-order valence-corrected chi connectivity index (χ0v) is 7.88. The summed E-state index contributed by atoms with van der Waals surface area (Å²) in [6.45, 7) is 0. The molecule has 3 unspecified atom stereocenters. The minimum atomic E-state index is -2.53. The van der Waals surface area contributed by atoms with Crippen LogP contribution in [-0.4, -0.2) is 17.0 Å². The van der Waals surface area contributed by atoms with Gasteiger partial charge < -0.3 is 5.11 Å². The van der Waals surface area contributed by atoms with Crippen LogP contribution < -0.4 is 0 Å². The number of hydrogen-bond acceptors (Lipinski definition) is 1. The highest BCUT2D eigenvalue weighted by Crippen LogP contribution is 2.55. The van der Waals surface area contributed by atoms with E-state index in [2.05, 4.69) is 0 Å². The number of rotatable bonds is 2. The average Bonchev–Trinajstić information content (AvgIpc) is 1.93. The number of halogens is 2. The van der Waals surface area contributed by atoms with Crippen molar-refractivity contribution in [3.05, 3.63) is 0 Å². The van der Waals surface area contributed by atoms with Gasteiger partial charge in [0.05, 0.1) is 0 Å². The summed E-state index contributed by atoms with van der Waals surface area (Å²) in [4.78, 5) is 10.5. The Morgan fingerprint density at radius 3 is 2.57 bits per heavy atom. The lowest BCUT2D eigenvalue weighted by molar-refractivity contribution is -0.171. The predicted octanol–water partition coefficient (Wildman–Crippen LogP) is 2.53. The van der Waals surface area contributed by atoms with Gasteiger partial charge in [-0.2, -0.15) is 0 Å². The molecule has 0 amide bonds. The van der Waals surface area contributed by atoms with Crippen molar-refractivity contribution in [1.29, 1.82) is 0 Å². The molecule has 3 atom stereocenters. The van der Waals surface area contributed by atoms with Gasteiger partial charge in [-0.1, -0.05) is 0 Å². The van der Waals surface area contributed by atoms with Crippen LogP contribution in [0.25, 0.3) is 0 Å². The molecule has 14 heavy (non-hydrogen) atoms. The van der Waals surface area contributed by atoms with Gasteiger partial charge in [0.15, 0.2) is 0 Å². The molecule has 80 valence electrons. The summed E-state index contributed by atoms with van der Waals surface area (Å²) in [6, 6.07) is 0. The second-order valence-corrected chi connectivity index (χ2v) is 4.51. The van der Waals surface area contributed by atoms with E-state index in [-0.39, 0.29) is 24.7 Å². The fourth-order valence-corrected chi connectivity index (χ4v) is 2.87. The highest BCUT2D eigenvalue weighted by atomic mass is 19.3. The van der Waals surface area contributed by atoms with Crippen molar-refractivity contribution >= 4 is 5.97 Å². The number of carbonyl (C=O) groups is 1. The molecule has 0 aliphatic heterocycles. The van der Waals surface area contributed by atoms with Crippen molar-refractivity contribution < 1.29 is 18.7 Å². The molecule has 0 aromatic rings. The average molecular weight is 204 g/mol. The summed E-state index contributed by atoms with van der Waals surface area (Å²) < 4.78 is 26.5. The normalized spacial score (nSPS) is 39.7. The molecular weight excluding hydrogens is 190 g/mol. The van der Waals surface area contributed by atoms with E-state index in [1.54, 1.807) is 0 Å². The second-order valence-electron chi connectivity index (χ2n) is 4.51.